The number of rotatable bonds is 6. The maximum Gasteiger partial charge on any atom is 0.365 e. The number of nitrogens with zero attached hydrogens (tertiary/aromatic N) is 2. The van der Waals surface area contributed by atoms with Crippen LogP contribution in [0.25, 0.3) is 0 Å². The first-order valence-electron chi connectivity index (χ1n) is 6.54. The Morgan fingerprint density at radius 1 is 1.00 bits per heavy atom. The van der Waals surface area contributed by atoms with Gasteiger partial charge in [-0.1, -0.05) is 48.5 Å². The van der Waals surface area contributed by atoms with Crippen molar-refractivity contribution in [1.82, 2.24) is 0 Å². The van der Waals surface area contributed by atoms with E-state index in [1.165, 1.54) is 0 Å². The number of anilines is 1. The second kappa shape index (κ2) is 7.98. The SMILES string of the molecule is O=C(Cl)C(Cc1ccccc1)=NN(c1ccccc1)P(=O)(Cl)Cl. The minimum atomic E-state index is -3.82. The molecule has 0 bridgehead atoms. The van der Waals surface area contributed by atoms with E-state index in [2.05, 4.69) is 5.10 Å². The second-order valence-corrected chi connectivity index (χ2v) is 9.40. The molecule has 2 rings (SSSR count). The number of para-hydroxylation sites is 1. The van der Waals surface area contributed by atoms with Crippen molar-refractivity contribution >= 4 is 56.7 Å². The van der Waals surface area contributed by atoms with Gasteiger partial charge < -0.3 is 0 Å². The quantitative estimate of drug-likeness (QED) is 0.286. The highest BCUT2D eigenvalue weighted by Crippen LogP contribution is 2.61. The molecule has 0 aliphatic rings. The average Bonchev–Trinajstić information content (AvgIpc) is 2.51. The number of carbonyl (C=O) groups is 1. The van der Waals surface area contributed by atoms with Crippen molar-refractivity contribution < 1.29 is 9.36 Å². The van der Waals surface area contributed by atoms with E-state index in [0.29, 0.717) is 5.69 Å². The van der Waals surface area contributed by atoms with Crippen molar-refractivity contribution in [3.8, 4) is 0 Å². The normalized spacial score (nSPS) is 12.0. The molecular formula is C15H12Cl3N2O2P. The minimum Gasteiger partial charge on any atom is -0.274 e. The topological polar surface area (TPSA) is 49.7 Å². The van der Waals surface area contributed by atoms with Crippen LogP contribution in [0, 0.1) is 0 Å². The molecule has 120 valence electrons. The summed E-state index contributed by atoms with van der Waals surface area (Å²) in [6, 6.07) is 17.6. The summed E-state index contributed by atoms with van der Waals surface area (Å²) in [5.74, 6) is -3.82. The van der Waals surface area contributed by atoms with E-state index < -0.39 is 11.2 Å². The Kier molecular flexibility index (Phi) is 6.25. The zero-order valence-corrected chi connectivity index (χ0v) is 14.9. The van der Waals surface area contributed by atoms with Gasteiger partial charge in [0.25, 0.3) is 5.24 Å². The van der Waals surface area contributed by atoms with Crippen LogP contribution in [0.2, 0.25) is 0 Å². The van der Waals surface area contributed by atoms with Crippen molar-refractivity contribution in [2.75, 3.05) is 4.78 Å². The number of hydrogen-bond acceptors (Lipinski definition) is 3. The number of carbonyl (C=O) groups excluding carboxylic acids is 1. The average molecular weight is 390 g/mol. The molecular weight excluding hydrogens is 378 g/mol. The summed E-state index contributed by atoms with van der Waals surface area (Å²) in [6.45, 7) is 0. The number of hydrazone groups is 1. The summed E-state index contributed by atoms with van der Waals surface area (Å²) < 4.78 is 13.0. The maximum absolute atomic E-state index is 12.1. The fraction of sp³-hybridized carbons (Fsp3) is 0.0667. The highest BCUT2D eigenvalue weighted by atomic mass is 35.9. The van der Waals surface area contributed by atoms with E-state index >= 15 is 0 Å². The molecule has 0 saturated carbocycles. The van der Waals surface area contributed by atoms with Crippen LogP contribution in [0.5, 0.6) is 0 Å². The van der Waals surface area contributed by atoms with Gasteiger partial charge in [0.05, 0.1) is 5.69 Å². The molecule has 4 nitrogen and oxygen atoms in total. The predicted molar refractivity (Wildman–Crippen MR) is 96.7 cm³/mol. The molecule has 0 saturated heterocycles. The lowest BCUT2D eigenvalue weighted by Crippen LogP contribution is -2.18. The van der Waals surface area contributed by atoms with E-state index in [0.717, 1.165) is 10.3 Å². The van der Waals surface area contributed by atoms with Crippen molar-refractivity contribution in [1.29, 1.82) is 0 Å². The molecule has 0 unspecified atom stereocenters. The van der Waals surface area contributed by atoms with Crippen molar-refractivity contribution in [3.63, 3.8) is 0 Å². The third-order valence-corrected chi connectivity index (χ3v) is 4.70. The lowest BCUT2D eigenvalue weighted by Gasteiger charge is -2.20. The lowest BCUT2D eigenvalue weighted by atomic mass is 10.1. The molecule has 0 N–H and O–H groups in total. The van der Waals surface area contributed by atoms with Crippen LogP contribution < -0.4 is 4.78 Å². The van der Waals surface area contributed by atoms with Crippen LogP contribution in [0.3, 0.4) is 0 Å². The molecule has 0 radical (unpaired) electrons. The largest absolute Gasteiger partial charge is 0.365 e. The summed E-state index contributed by atoms with van der Waals surface area (Å²) in [5.41, 5.74) is 1.21. The number of benzene rings is 2. The van der Waals surface area contributed by atoms with E-state index in [1.54, 1.807) is 30.3 Å². The van der Waals surface area contributed by atoms with Gasteiger partial charge in [-0.3, -0.25) is 9.36 Å². The molecule has 0 heterocycles. The number of hydrogen-bond donors (Lipinski definition) is 0. The Labute approximate surface area is 148 Å². The highest BCUT2D eigenvalue weighted by molar-refractivity contribution is 8.09. The Bertz CT molecular complexity index is 748. The lowest BCUT2D eigenvalue weighted by molar-refractivity contribution is -0.106. The fourth-order valence-corrected chi connectivity index (χ4v) is 3.30. The van der Waals surface area contributed by atoms with Gasteiger partial charge in [-0.05, 0) is 51.8 Å². The van der Waals surface area contributed by atoms with E-state index in [9.17, 15) is 9.36 Å². The Morgan fingerprint density at radius 3 is 2.00 bits per heavy atom. The second-order valence-electron chi connectivity index (χ2n) is 4.54. The summed E-state index contributed by atoms with van der Waals surface area (Å²) >= 11 is 17.1. The van der Waals surface area contributed by atoms with Crippen LogP contribution in [-0.4, -0.2) is 11.0 Å². The molecule has 0 atom stereocenters. The molecule has 0 aromatic heterocycles. The van der Waals surface area contributed by atoms with Crippen molar-refractivity contribution in [2.45, 2.75) is 6.42 Å². The fourth-order valence-electron chi connectivity index (χ4n) is 1.85. The van der Waals surface area contributed by atoms with Gasteiger partial charge in [0.2, 0.25) is 0 Å². The first-order valence-corrected chi connectivity index (χ1v) is 10.4. The minimum absolute atomic E-state index is 0.0109. The smallest absolute Gasteiger partial charge is 0.274 e. The van der Waals surface area contributed by atoms with Crippen LogP contribution in [0.1, 0.15) is 5.56 Å². The van der Waals surface area contributed by atoms with Crippen molar-refractivity contribution in [2.24, 2.45) is 5.10 Å². The molecule has 2 aromatic rings. The van der Waals surface area contributed by atoms with Crippen molar-refractivity contribution in [3.05, 3.63) is 66.2 Å². The van der Waals surface area contributed by atoms with Crippen LogP contribution >= 0.6 is 40.1 Å². The van der Waals surface area contributed by atoms with E-state index in [-0.39, 0.29) is 12.1 Å². The first kappa shape index (κ1) is 18.0. The Balaban J connectivity index is 2.41. The molecule has 0 fully saturated rings. The van der Waals surface area contributed by atoms with Gasteiger partial charge in [-0.2, -0.15) is 9.88 Å². The number of halogens is 3. The third kappa shape index (κ3) is 5.36. The molecule has 0 aliphatic carbocycles. The summed E-state index contributed by atoms with van der Waals surface area (Å²) in [5, 5.41) is 3.29. The van der Waals surface area contributed by atoms with Gasteiger partial charge in [0, 0.05) is 6.42 Å². The van der Waals surface area contributed by atoms with Crippen LogP contribution in [-0.2, 0) is 15.8 Å². The predicted octanol–water partition coefficient (Wildman–Crippen LogP) is 5.44. The summed E-state index contributed by atoms with van der Waals surface area (Å²) in [7, 11) is 0. The molecule has 8 heteroatoms. The molecule has 0 aliphatic heterocycles. The monoisotopic (exact) mass is 388 g/mol. The molecule has 0 spiro atoms. The van der Waals surface area contributed by atoms with Gasteiger partial charge in [0.15, 0.2) is 0 Å². The van der Waals surface area contributed by atoms with Gasteiger partial charge in [0.1, 0.15) is 5.71 Å². The summed E-state index contributed by atoms with van der Waals surface area (Å²) in [6.07, 6.45) is 0.167. The Morgan fingerprint density at radius 2 is 1.52 bits per heavy atom. The zero-order chi connectivity index (χ0) is 16.9. The van der Waals surface area contributed by atoms with E-state index in [4.69, 9.17) is 34.1 Å². The standard InChI is InChI=1S/C15H12Cl3N2O2P/c16-15(21)14(11-12-7-3-1-4-8-12)19-20(23(17,18)22)13-9-5-2-6-10-13/h1-10H,11H2. The molecule has 2 aromatic carbocycles. The van der Waals surface area contributed by atoms with Gasteiger partial charge >= 0.3 is 6.00 Å². The van der Waals surface area contributed by atoms with Crippen LogP contribution in [0.15, 0.2) is 65.8 Å². The maximum atomic E-state index is 12.1. The zero-order valence-electron chi connectivity index (χ0n) is 11.8. The third-order valence-electron chi connectivity index (χ3n) is 2.86. The van der Waals surface area contributed by atoms with Gasteiger partial charge in [-0.25, -0.2) is 0 Å². The summed E-state index contributed by atoms with van der Waals surface area (Å²) in [4.78, 5) is 11.7. The Hall–Kier alpha value is -1.32. The van der Waals surface area contributed by atoms with Gasteiger partial charge in [-0.15, -0.1) is 0 Å². The molecule has 23 heavy (non-hydrogen) atoms. The highest BCUT2D eigenvalue weighted by Gasteiger charge is 2.27. The van der Waals surface area contributed by atoms with Crippen LogP contribution in [0.4, 0.5) is 5.69 Å². The molecule has 0 amide bonds. The van der Waals surface area contributed by atoms with E-state index in [1.807, 2.05) is 30.3 Å². The first-order chi connectivity index (χ1) is 10.9.